The first-order valence-electron chi connectivity index (χ1n) is 5.02. The molecule has 0 bridgehead atoms. The van der Waals surface area contributed by atoms with E-state index in [1.165, 1.54) is 26.5 Å². The monoisotopic (exact) mass is 267 g/mol. The van der Waals surface area contributed by atoms with Crippen molar-refractivity contribution in [2.45, 2.75) is 0 Å². The molecule has 0 radical (unpaired) electrons. The molecule has 0 unspecified atom stereocenters. The molecule has 0 fully saturated rings. The number of aromatic carboxylic acids is 1. The van der Waals surface area contributed by atoms with Crippen molar-refractivity contribution in [3.8, 4) is 11.5 Å². The summed E-state index contributed by atoms with van der Waals surface area (Å²) >= 11 is 6.04. The fourth-order valence-electron chi connectivity index (χ4n) is 1.78. The van der Waals surface area contributed by atoms with E-state index in [2.05, 4.69) is 4.98 Å². The number of pyridine rings is 1. The van der Waals surface area contributed by atoms with Crippen molar-refractivity contribution in [1.29, 1.82) is 0 Å². The van der Waals surface area contributed by atoms with E-state index in [9.17, 15) is 9.90 Å². The van der Waals surface area contributed by atoms with Crippen LogP contribution in [-0.2, 0) is 0 Å². The standard InChI is InChI=1S/C12H10ClNO4/c1-17-8-5-7(13)11(18-2)9-6(12(15)16)3-4-14-10(8)9/h3-5H,1-2H3,(H,15,16). The number of carbonyl (C=O) groups is 1. The van der Waals surface area contributed by atoms with Gasteiger partial charge >= 0.3 is 5.97 Å². The first-order valence-corrected chi connectivity index (χ1v) is 5.40. The number of nitrogens with zero attached hydrogens (tertiary/aromatic N) is 1. The lowest BCUT2D eigenvalue weighted by Gasteiger charge is -2.12. The van der Waals surface area contributed by atoms with E-state index in [4.69, 9.17) is 21.1 Å². The molecule has 0 amide bonds. The van der Waals surface area contributed by atoms with Crippen LogP contribution in [0.2, 0.25) is 5.02 Å². The molecule has 18 heavy (non-hydrogen) atoms. The van der Waals surface area contributed by atoms with Crippen molar-refractivity contribution in [2.24, 2.45) is 0 Å². The molecule has 1 aromatic heterocycles. The summed E-state index contributed by atoms with van der Waals surface area (Å²) in [5, 5.41) is 9.80. The van der Waals surface area contributed by atoms with Crippen molar-refractivity contribution in [3.05, 3.63) is 28.9 Å². The second-order valence-electron chi connectivity index (χ2n) is 3.48. The molecule has 2 rings (SSSR count). The van der Waals surface area contributed by atoms with Gasteiger partial charge in [0.2, 0.25) is 0 Å². The van der Waals surface area contributed by atoms with Gasteiger partial charge in [-0.2, -0.15) is 0 Å². The number of fused-ring (bicyclic) bond motifs is 1. The number of aromatic nitrogens is 1. The van der Waals surface area contributed by atoms with E-state index in [0.29, 0.717) is 16.7 Å². The number of benzene rings is 1. The van der Waals surface area contributed by atoms with Crippen LogP contribution in [0.25, 0.3) is 10.9 Å². The Labute approximate surface area is 108 Å². The maximum absolute atomic E-state index is 11.2. The normalized spacial score (nSPS) is 10.4. The van der Waals surface area contributed by atoms with Gasteiger partial charge in [0.05, 0.1) is 30.2 Å². The number of methoxy groups -OCH3 is 2. The summed E-state index contributed by atoms with van der Waals surface area (Å²) in [5.41, 5.74) is 0.469. The molecule has 5 nitrogen and oxygen atoms in total. The van der Waals surface area contributed by atoms with Crippen LogP contribution in [0.3, 0.4) is 0 Å². The third-order valence-corrected chi connectivity index (χ3v) is 2.82. The highest BCUT2D eigenvalue weighted by atomic mass is 35.5. The van der Waals surface area contributed by atoms with Crippen LogP contribution in [-0.4, -0.2) is 30.3 Å². The van der Waals surface area contributed by atoms with Crippen LogP contribution < -0.4 is 9.47 Å². The highest BCUT2D eigenvalue weighted by Crippen LogP contribution is 2.40. The molecule has 0 aliphatic carbocycles. The van der Waals surface area contributed by atoms with Gasteiger partial charge in [0.1, 0.15) is 17.0 Å². The second-order valence-corrected chi connectivity index (χ2v) is 3.89. The molecule has 0 aliphatic heterocycles. The Morgan fingerprint density at radius 2 is 2.11 bits per heavy atom. The van der Waals surface area contributed by atoms with E-state index in [1.54, 1.807) is 6.07 Å². The van der Waals surface area contributed by atoms with Gasteiger partial charge in [0, 0.05) is 12.3 Å². The molecule has 0 saturated carbocycles. The van der Waals surface area contributed by atoms with Crippen LogP contribution in [0.5, 0.6) is 11.5 Å². The molecule has 0 aliphatic rings. The predicted molar refractivity (Wildman–Crippen MR) is 66.8 cm³/mol. The lowest BCUT2D eigenvalue weighted by molar-refractivity contribution is 0.0698. The van der Waals surface area contributed by atoms with Crippen LogP contribution in [0.4, 0.5) is 0 Å². The lowest BCUT2D eigenvalue weighted by atomic mass is 10.1. The van der Waals surface area contributed by atoms with Gasteiger partial charge in [0.25, 0.3) is 0 Å². The van der Waals surface area contributed by atoms with Gasteiger partial charge in [-0.15, -0.1) is 0 Å². The first kappa shape index (κ1) is 12.4. The third kappa shape index (κ3) is 1.82. The van der Waals surface area contributed by atoms with E-state index < -0.39 is 5.97 Å². The lowest BCUT2D eigenvalue weighted by Crippen LogP contribution is -2.01. The summed E-state index contributed by atoms with van der Waals surface area (Å²) in [6.07, 6.45) is 1.40. The van der Waals surface area contributed by atoms with Gasteiger partial charge in [0.15, 0.2) is 0 Å². The van der Waals surface area contributed by atoms with Crippen LogP contribution in [0.15, 0.2) is 18.3 Å². The van der Waals surface area contributed by atoms with E-state index >= 15 is 0 Å². The Kier molecular flexibility index (Phi) is 3.25. The smallest absolute Gasteiger partial charge is 0.336 e. The minimum Gasteiger partial charge on any atom is -0.494 e. The molecular formula is C12H10ClNO4. The first-order chi connectivity index (χ1) is 8.60. The van der Waals surface area contributed by atoms with Crippen LogP contribution in [0, 0.1) is 0 Å². The molecule has 94 valence electrons. The highest BCUT2D eigenvalue weighted by molar-refractivity contribution is 6.34. The Morgan fingerprint density at radius 3 is 2.67 bits per heavy atom. The molecule has 2 aromatic rings. The summed E-state index contributed by atoms with van der Waals surface area (Å²) in [5.74, 6) is -0.401. The van der Waals surface area contributed by atoms with Crippen LogP contribution >= 0.6 is 11.6 Å². The summed E-state index contributed by atoms with van der Waals surface area (Å²) in [6, 6.07) is 2.93. The Balaban J connectivity index is 2.98. The summed E-state index contributed by atoms with van der Waals surface area (Å²) < 4.78 is 10.3. The molecule has 1 N–H and O–H groups in total. The molecule has 0 atom stereocenters. The fraction of sp³-hybridized carbons (Fsp3) is 0.167. The Bertz CT molecular complexity index is 627. The number of hydrogen-bond acceptors (Lipinski definition) is 4. The average molecular weight is 268 g/mol. The van der Waals surface area contributed by atoms with Gasteiger partial charge < -0.3 is 14.6 Å². The second kappa shape index (κ2) is 4.70. The molecule has 1 aromatic carbocycles. The van der Waals surface area contributed by atoms with Crippen LogP contribution in [0.1, 0.15) is 10.4 Å². The van der Waals surface area contributed by atoms with Crippen molar-refractivity contribution < 1.29 is 19.4 Å². The summed E-state index contributed by atoms with van der Waals surface area (Å²) in [7, 11) is 2.89. The topological polar surface area (TPSA) is 68.7 Å². The Hall–Kier alpha value is -2.01. The zero-order chi connectivity index (χ0) is 13.3. The number of hydrogen-bond donors (Lipinski definition) is 1. The SMILES string of the molecule is COc1cc(Cl)c(OC)c2c(C(=O)O)ccnc12. The zero-order valence-electron chi connectivity index (χ0n) is 9.73. The molecular weight excluding hydrogens is 258 g/mol. The highest BCUT2D eigenvalue weighted by Gasteiger charge is 2.19. The number of halogens is 1. The number of carboxylic acid groups (broad SMARTS) is 1. The Morgan fingerprint density at radius 1 is 1.39 bits per heavy atom. The third-order valence-electron chi connectivity index (χ3n) is 2.54. The van der Waals surface area contributed by atoms with Gasteiger partial charge in [-0.25, -0.2) is 4.79 Å². The molecule has 6 heteroatoms. The molecule has 0 spiro atoms. The minimum atomic E-state index is -1.08. The maximum atomic E-state index is 11.2. The van der Waals surface area contributed by atoms with E-state index in [0.717, 1.165) is 0 Å². The van der Waals surface area contributed by atoms with Gasteiger partial charge in [-0.3, -0.25) is 4.98 Å². The van der Waals surface area contributed by atoms with E-state index in [-0.39, 0.29) is 16.3 Å². The van der Waals surface area contributed by atoms with Crippen molar-refractivity contribution in [3.63, 3.8) is 0 Å². The van der Waals surface area contributed by atoms with E-state index in [1.807, 2.05) is 0 Å². The quantitative estimate of drug-likeness (QED) is 0.926. The maximum Gasteiger partial charge on any atom is 0.336 e. The number of ether oxygens (including phenoxy) is 2. The minimum absolute atomic E-state index is 0.0673. The number of carboxylic acids is 1. The zero-order valence-corrected chi connectivity index (χ0v) is 10.5. The van der Waals surface area contributed by atoms with Gasteiger partial charge in [-0.05, 0) is 6.07 Å². The van der Waals surface area contributed by atoms with Crippen molar-refractivity contribution >= 4 is 28.5 Å². The van der Waals surface area contributed by atoms with Gasteiger partial charge in [-0.1, -0.05) is 11.6 Å². The average Bonchev–Trinajstić information content (AvgIpc) is 2.37. The molecule has 1 heterocycles. The van der Waals surface area contributed by atoms with Crippen molar-refractivity contribution in [2.75, 3.05) is 14.2 Å². The summed E-state index contributed by atoms with van der Waals surface area (Å²) in [4.78, 5) is 15.3. The fourth-order valence-corrected chi connectivity index (χ4v) is 2.05. The van der Waals surface area contributed by atoms with Crippen molar-refractivity contribution in [1.82, 2.24) is 4.98 Å². The predicted octanol–water partition coefficient (Wildman–Crippen LogP) is 2.60. The largest absolute Gasteiger partial charge is 0.494 e. The molecule has 0 saturated heterocycles. The summed E-state index contributed by atoms with van der Waals surface area (Å²) in [6.45, 7) is 0. The number of rotatable bonds is 3.